The van der Waals surface area contributed by atoms with Crippen LogP contribution in [0, 0.1) is 38.5 Å². The molecule has 0 bridgehead atoms. The molecule has 1 aliphatic heterocycles. The number of hydrogen-bond acceptors (Lipinski definition) is 9. The fourth-order valence-corrected chi connectivity index (χ4v) is 9.09. The lowest BCUT2D eigenvalue weighted by molar-refractivity contribution is -0.140. The summed E-state index contributed by atoms with van der Waals surface area (Å²) in [4.78, 5) is 48.5. The van der Waals surface area contributed by atoms with Gasteiger partial charge in [-0.3, -0.25) is 19.1 Å². The number of pyridine rings is 1. The maximum Gasteiger partial charge on any atom is 0.259 e. The van der Waals surface area contributed by atoms with Crippen LogP contribution in [0.2, 0.25) is 0 Å². The molecule has 51 heavy (non-hydrogen) atoms. The van der Waals surface area contributed by atoms with Gasteiger partial charge in [-0.1, -0.05) is 12.2 Å². The third-order valence-corrected chi connectivity index (χ3v) is 12.7. The van der Waals surface area contributed by atoms with E-state index in [-0.39, 0.29) is 31.1 Å². The molecular weight excluding hydrogens is 673 g/mol. The van der Waals surface area contributed by atoms with Crippen LogP contribution in [0.3, 0.4) is 0 Å². The summed E-state index contributed by atoms with van der Waals surface area (Å²) in [5.74, 6) is -1.39. The molecule has 3 fully saturated rings. The van der Waals surface area contributed by atoms with E-state index >= 15 is 0 Å². The zero-order valence-electron chi connectivity index (χ0n) is 29.8. The molecule has 7 rings (SSSR count). The first-order chi connectivity index (χ1) is 24.3. The van der Waals surface area contributed by atoms with E-state index in [0.717, 1.165) is 41.6 Å². The number of hydrogen-bond donors (Lipinski definition) is 2. The van der Waals surface area contributed by atoms with Gasteiger partial charge in [-0.15, -0.1) is 0 Å². The molecule has 0 radical (unpaired) electrons. The number of ether oxygens (including phenoxy) is 2. The summed E-state index contributed by atoms with van der Waals surface area (Å²) in [6, 6.07) is 7.56. The van der Waals surface area contributed by atoms with E-state index in [4.69, 9.17) is 14.5 Å². The average Bonchev–Trinajstić information content (AvgIpc) is 3.99. The number of fused-ring (bicyclic) bond motifs is 3. The lowest BCUT2D eigenvalue weighted by atomic mass is 9.93. The van der Waals surface area contributed by atoms with Crippen molar-refractivity contribution in [1.82, 2.24) is 29.7 Å². The van der Waals surface area contributed by atoms with Crippen LogP contribution in [-0.4, -0.2) is 83.4 Å². The Kier molecular flexibility index (Phi) is 9.09. The van der Waals surface area contributed by atoms with Crippen molar-refractivity contribution < 1.29 is 32.3 Å². The van der Waals surface area contributed by atoms with Crippen LogP contribution in [0.4, 0.5) is 0 Å². The van der Waals surface area contributed by atoms with Gasteiger partial charge < -0.3 is 19.7 Å². The number of methoxy groups -OCH3 is 1. The first kappa shape index (κ1) is 35.0. The van der Waals surface area contributed by atoms with Crippen molar-refractivity contribution in [2.75, 3.05) is 20.7 Å². The smallest absolute Gasteiger partial charge is 0.259 e. The molecule has 2 aromatic heterocycles. The van der Waals surface area contributed by atoms with Gasteiger partial charge >= 0.3 is 0 Å². The van der Waals surface area contributed by atoms with Crippen molar-refractivity contribution in [2.45, 2.75) is 89.0 Å². The topological polar surface area (TPSA) is 162 Å². The molecule has 4 aliphatic rings. The number of nitrogens with one attached hydrogen (secondary N) is 2. The molecule has 272 valence electrons. The summed E-state index contributed by atoms with van der Waals surface area (Å²) in [5, 5.41) is 7.77. The number of carbonyl (C=O) groups is 3. The molecule has 3 saturated carbocycles. The molecule has 13 nitrogen and oxygen atoms in total. The Morgan fingerprint density at radius 2 is 1.82 bits per heavy atom. The molecule has 1 aromatic carbocycles. The van der Waals surface area contributed by atoms with Crippen LogP contribution in [0.1, 0.15) is 68.3 Å². The summed E-state index contributed by atoms with van der Waals surface area (Å²) < 4.78 is 41.9. The summed E-state index contributed by atoms with van der Waals surface area (Å²) >= 11 is 0. The van der Waals surface area contributed by atoms with Gasteiger partial charge in [0.15, 0.2) is 5.82 Å². The normalized spacial score (nSPS) is 27.6. The number of allylic oxidation sites excluding steroid dienone is 1. The Labute approximate surface area is 298 Å². The van der Waals surface area contributed by atoms with Gasteiger partial charge in [-0.05, 0) is 90.3 Å². The second kappa shape index (κ2) is 13.3. The number of amides is 3. The Hall–Kier alpha value is -4.46. The molecule has 3 aliphatic carbocycles. The van der Waals surface area contributed by atoms with Gasteiger partial charge in [0.25, 0.3) is 5.91 Å². The minimum Gasteiger partial charge on any atom is -0.496 e. The van der Waals surface area contributed by atoms with Crippen molar-refractivity contribution in [2.24, 2.45) is 17.8 Å². The van der Waals surface area contributed by atoms with E-state index in [0.29, 0.717) is 42.2 Å². The number of benzene rings is 1. The summed E-state index contributed by atoms with van der Waals surface area (Å²) in [6.45, 7) is 6.36. The predicted molar refractivity (Wildman–Crippen MR) is 190 cm³/mol. The summed E-state index contributed by atoms with van der Waals surface area (Å²) in [5.41, 5.74) is 1.86. The lowest BCUT2D eigenvalue weighted by Gasteiger charge is -2.26. The standard InChI is InChI=1S/C37H46N6O7S/c1-21-16-22(2)43(40-21)32-19-31(27-13-14-30(49-5)23(3)33(27)38-32)50-25-17-28-29(18-25)35(45)42(4)15-9-7-6-8-10-24-20-37(24,39-34(28)44)36(46)41-51(47,48)26-11-12-26/h8,10,13-14,16,19,24-26,28-29H,6-7,9,11-12,15,17-18,20H2,1-5H3,(H,39,44)(H,41,46)/b10-8-. The van der Waals surface area contributed by atoms with Crippen molar-refractivity contribution in [3.05, 3.63) is 53.4 Å². The van der Waals surface area contributed by atoms with Crippen LogP contribution in [0.25, 0.3) is 16.7 Å². The van der Waals surface area contributed by atoms with Gasteiger partial charge in [0, 0.05) is 42.2 Å². The third-order valence-electron chi connectivity index (χ3n) is 10.9. The Balaban J connectivity index is 1.22. The average molecular weight is 719 g/mol. The van der Waals surface area contributed by atoms with Gasteiger partial charge in [0.05, 0.1) is 35.4 Å². The Bertz CT molecular complexity index is 2040. The lowest BCUT2D eigenvalue weighted by Crippen LogP contribution is -2.54. The summed E-state index contributed by atoms with van der Waals surface area (Å²) in [6.07, 6.45) is 7.56. The van der Waals surface area contributed by atoms with Crippen molar-refractivity contribution in [1.29, 1.82) is 0 Å². The molecule has 3 heterocycles. The predicted octanol–water partition coefficient (Wildman–Crippen LogP) is 3.81. The van der Waals surface area contributed by atoms with E-state index in [1.165, 1.54) is 0 Å². The Morgan fingerprint density at radius 3 is 2.53 bits per heavy atom. The highest BCUT2D eigenvalue weighted by atomic mass is 32.2. The first-order valence-electron chi connectivity index (χ1n) is 17.8. The minimum absolute atomic E-state index is 0.153. The maximum absolute atomic E-state index is 14.3. The van der Waals surface area contributed by atoms with Crippen LogP contribution in [0.5, 0.6) is 11.5 Å². The number of aromatic nitrogens is 3. The highest BCUT2D eigenvalue weighted by Gasteiger charge is 2.62. The molecule has 14 heteroatoms. The molecule has 5 unspecified atom stereocenters. The molecule has 3 aromatic rings. The van der Waals surface area contributed by atoms with Crippen LogP contribution < -0.4 is 19.5 Å². The van der Waals surface area contributed by atoms with Crippen molar-refractivity contribution in [3.8, 4) is 17.3 Å². The molecule has 3 amide bonds. The number of sulfonamides is 1. The third kappa shape index (κ3) is 6.70. The Morgan fingerprint density at radius 1 is 1.06 bits per heavy atom. The van der Waals surface area contributed by atoms with Crippen LogP contribution in [-0.2, 0) is 24.4 Å². The van der Waals surface area contributed by atoms with Crippen LogP contribution >= 0.6 is 0 Å². The first-order valence-corrected chi connectivity index (χ1v) is 19.3. The van der Waals surface area contributed by atoms with E-state index < -0.39 is 50.6 Å². The van der Waals surface area contributed by atoms with Crippen LogP contribution in [0.15, 0.2) is 36.4 Å². The van der Waals surface area contributed by atoms with Gasteiger partial charge in [0.2, 0.25) is 21.8 Å². The van der Waals surface area contributed by atoms with E-state index in [1.807, 2.05) is 57.2 Å². The largest absolute Gasteiger partial charge is 0.496 e. The van der Waals surface area contributed by atoms with E-state index in [1.54, 1.807) is 23.7 Å². The fourth-order valence-electron chi connectivity index (χ4n) is 7.73. The number of nitrogens with zero attached hydrogens (tertiary/aromatic N) is 4. The summed E-state index contributed by atoms with van der Waals surface area (Å²) in [7, 11) is -0.459. The molecule has 0 spiro atoms. The zero-order valence-corrected chi connectivity index (χ0v) is 30.6. The fraction of sp³-hybridized carbons (Fsp3) is 0.541. The monoisotopic (exact) mass is 718 g/mol. The van der Waals surface area contributed by atoms with Crippen molar-refractivity contribution in [3.63, 3.8) is 0 Å². The molecular formula is C37H46N6O7S. The second-order valence-corrected chi connectivity index (χ2v) is 16.6. The quantitative estimate of drug-likeness (QED) is 0.346. The van der Waals surface area contributed by atoms with Crippen molar-refractivity contribution >= 4 is 38.6 Å². The molecule has 2 N–H and O–H groups in total. The van der Waals surface area contributed by atoms with Gasteiger partial charge in [-0.25, -0.2) is 18.1 Å². The SMILES string of the molecule is COc1ccc2c(OC3CC4C(=O)NC5(C(=O)NS(=O)(=O)C6CC6)CC5/C=C\CCCCN(C)C(=O)C4C3)cc(-n3nc(C)cc3C)nc2c1C. The zero-order chi connectivity index (χ0) is 36.2. The minimum atomic E-state index is -3.83. The molecule has 0 saturated heterocycles. The second-order valence-electron chi connectivity index (χ2n) is 14.7. The van der Waals surface area contributed by atoms with E-state index in [2.05, 4.69) is 15.1 Å². The number of carbonyl (C=O) groups excluding carboxylic acids is 3. The number of rotatable bonds is 7. The highest BCUT2D eigenvalue weighted by molar-refractivity contribution is 7.91. The van der Waals surface area contributed by atoms with Gasteiger partial charge in [-0.2, -0.15) is 5.10 Å². The maximum atomic E-state index is 14.3. The van der Waals surface area contributed by atoms with E-state index in [9.17, 15) is 22.8 Å². The van der Waals surface area contributed by atoms with Gasteiger partial charge in [0.1, 0.15) is 23.1 Å². The number of aryl methyl sites for hydroxylation is 3. The molecule has 5 atom stereocenters. The highest BCUT2D eigenvalue weighted by Crippen LogP contribution is 2.47.